The minimum absolute atomic E-state index is 0.582. The third kappa shape index (κ3) is 2.50. The van der Waals surface area contributed by atoms with Crippen molar-refractivity contribution >= 4 is 6.21 Å². The zero-order valence-corrected chi connectivity index (χ0v) is 7.29. The first kappa shape index (κ1) is 8.53. The molecule has 0 aliphatic carbocycles. The molecular weight excluding hydrogens is 140 g/mol. The fourth-order valence-corrected chi connectivity index (χ4v) is 1.39. The highest BCUT2D eigenvalue weighted by Crippen LogP contribution is 2.14. The molecule has 1 heterocycles. The van der Waals surface area contributed by atoms with Crippen molar-refractivity contribution in [2.45, 2.75) is 25.8 Å². The standard InChI is InChI=1S/C8H16N2O/c1-3-9-11-7-8-5-4-6-10(8)2/h3,8H,4-7H2,1-2H3/b9-3-/t8-/m1/s1. The smallest absolute Gasteiger partial charge is 0.132 e. The number of hydrogen-bond acceptors (Lipinski definition) is 3. The molecule has 11 heavy (non-hydrogen) atoms. The van der Waals surface area contributed by atoms with Gasteiger partial charge in [-0.25, -0.2) is 0 Å². The average Bonchev–Trinajstić information content (AvgIpc) is 2.37. The highest BCUT2D eigenvalue weighted by molar-refractivity contribution is 5.52. The second-order valence-corrected chi connectivity index (χ2v) is 2.94. The Morgan fingerprint density at radius 1 is 1.73 bits per heavy atom. The van der Waals surface area contributed by atoms with Gasteiger partial charge in [-0.05, 0) is 33.4 Å². The van der Waals surface area contributed by atoms with E-state index in [1.165, 1.54) is 19.4 Å². The Morgan fingerprint density at radius 3 is 3.09 bits per heavy atom. The summed E-state index contributed by atoms with van der Waals surface area (Å²) in [6.07, 6.45) is 4.21. The third-order valence-corrected chi connectivity index (χ3v) is 2.12. The minimum Gasteiger partial charge on any atom is -0.394 e. The predicted molar refractivity (Wildman–Crippen MR) is 45.8 cm³/mol. The second-order valence-electron chi connectivity index (χ2n) is 2.94. The summed E-state index contributed by atoms with van der Waals surface area (Å²) < 4.78 is 0. The molecule has 1 fully saturated rings. The van der Waals surface area contributed by atoms with Gasteiger partial charge in [0.25, 0.3) is 0 Å². The number of rotatable bonds is 3. The van der Waals surface area contributed by atoms with Gasteiger partial charge >= 0.3 is 0 Å². The van der Waals surface area contributed by atoms with Gasteiger partial charge in [-0.15, -0.1) is 0 Å². The average molecular weight is 156 g/mol. The summed E-state index contributed by atoms with van der Waals surface area (Å²) in [6, 6.07) is 0.582. The van der Waals surface area contributed by atoms with Crippen LogP contribution in [0.5, 0.6) is 0 Å². The first-order chi connectivity index (χ1) is 5.34. The van der Waals surface area contributed by atoms with Crippen LogP contribution in [0.15, 0.2) is 5.16 Å². The van der Waals surface area contributed by atoms with Gasteiger partial charge in [-0.1, -0.05) is 5.16 Å². The van der Waals surface area contributed by atoms with E-state index < -0.39 is 0 Å². The molecule has 0 unspecified atom stereocenters. The van der Waals surface area contributed by atoms with E-state index in [1.807, 2.05) is 6.92 Å². The molecule has 0 spiro atoms. The number of likely N-dealkylation sites (N-methyl/N-ethyl adjacent to an activating group) is 1. The molecule has 0 aromatic heterocycles. The SMILES string of the molecule is C/C=N\OC[C@H]1CCCN1C. The first-order valence-electron chi connectivity index (χ1n) is 4.14. The highest BCUT2D eigenvalue weighted by atomic mass is 16.6. The molecule has 0 bridgehead atoms. The van der Waals surface area contributed by atoms with Crippen LogP contribution in [-0.4, -0.2) is 37.4 Å². The van der Waals surface area contributed by atoms with Crippen molar-refractivity contribution in [1.82, 2.24) is 4.90 Å². The number of hydrogen-bond donors (Lipinski definition) is 0. The molecule has 0 radical (unpaired) electrons. The van der Waals surface area contributed by atoms with Crippen LogP contribution in [-0.2, 0) is 4.84 Å². The van der Waals surface area contributed by atoms with Crippen LogP contribution in [0, 0.1) is 0 Å². The first-order valence-corrected chi connectivity index (χ1v) is 4.14. The largest absolute Gasteiger partial charge is 0.394 e. The fourth-order valence-electron chi connectivity index (χ4n) is 1.39. The van der Waals surface area contributed by atoms with Crippen LogP contribution in [0.3, 0.4) is 0 Å². The van der Waals surface area contributed by atoms with Crippen molar-refractivity contribution in [1.29, 1.82) is 0 Å². The maximum Gasteiger partial charge on any atom is 0.132 e. The number of nitrogens with zero attached hydrogens (tertiary/aromatic N) is 2. The van der Waals surface area contributed by atoms with Crippen LogP contribution in [0.4, 0.5) is 0 Å². The Morgan fingerprint density at radius 2 is 2.55 bits per heavy atom. The lowest BCUT2D eigenvalue weighted by molar-refractivity contribution is 0.0928. The molecule has 3 nitrogen and oxygen atoms in total. The molecule has 1 aliphatic heterocycles. The molecule has 1 atom stereocenters. The monoisotopic (exact) mass is 156 g/mol. The third-order valence-electron chi connectivity index (χ3n) is 2.12. The van der Waals surface area contributed by atoms with E-state index in [0.717, 1.165) is 6.61 Å². The summed E-state index contributed by atoms with van der Waals surface area (Å²) in [4.78, 5) is 7.39. The van der Waals surface area contributed by atoms with Crippen LogP contribution in [0.2, 0.25) is 0 Å². The molecule has 0 aromatic carbocycles. The molecule has 0 aromatic rings. The summed E-state index contributed by atoms with van der Waals surface area (Å²) in [5.74, 6) is 0. The Balaban J connectivity index is 2.15. The van der Waals surface area contributed by atoms with Gasteiger partial charge in [0, 0.05) is 12.3 Å². The molecular formula is C8H16N2O. The van der Waals surface area contributed by atoms with Gasteiger partial charge < -0.3 is 4.84 Å². The van der Waals surface area contributed by atoms with E-state index in [4.69, 9.17) is 4.84 Å². The zero-order valence-electron chi connectivity index (χ0n) is 7.29. The molecule has 1 saturated heterocycles. The molecule has 0 amide bonds. The maximum absolute atomic E-state index is 5.06. The molecule has 3 heteroatoms. The second kappa shape index (κ2) is 4.34. The van der Waals surface area contributed by atoms with Crippen LogP contribution in [0.25, 0.3) is 0 Å². The van der Waals surface area contributed by atoms with Gasteiger partial charge in [0.1, 0.15) is 6.61 Å². The van der Waals surface area contributed by atoms with Gasteiger partial charge in [0.2, 0.25) is 0 Å². The summed E-state index contributed by atoms with van der Waals surface area (Å²) in [6.45, 7) is 3.79. The number of likely N-dealkylation sites (tertiary alicyclic amines) is 1. The van der Waals surface area contributed by atoms with Gasteiger partial charge in [0.15, 0.2) is 0 Å². The van der Waals surface area contributed by atoms with Crippen molar-refractivity contribution in [3.63, 3.8) is 0 Å². The molecule has 64 valence electrons. The minimum atomic E-state index is 0.582. The van der Waals surface area contributed by atoms with Crippen LogP contribution < -0.4 is 0 Å². The topological polar surface area (TPSA) is 24.8 Å². The summed E-state index contributed by atoms with van der Waals surface area (Å²) >= 11 is 0. The van der Waals surface area contributed by atoms with E-state index >= 15 is 0 Å². The van der Waals surface area contributed by atoms with Crippen molar-refractivity contribution in [2.24, 2.45) is 5.16 Å². The van der Waals surface area contributed by atoms with Crippen molar-refractivity contribution in [3.8, 4) is 0 Å². The van der Waals surface area contributed by atoms with Gasteiger partial charge in [-0.3, -0.25) is 4.90 Å². The van der Waals surface area contributed by atoms with Gasteiger partial charge in [0.05, 0.1) is 0 Å². The lowest BCUT2D eigenvalue weighted by atomic mass is 10.2. The summed E-state index contributed by atoms with van der Waals surface area (Å²) in [7, 11) is 2.14. The Labute approximate surface area is 68.0 Å². The summed E-state index contributed by atoms with van der Waals surface area (Å²) in [5.41, 5.74) is 0. The molecule has 0 saturated carbocycles. The quantitative estimate of drug-likeness (QED) is 0.451. The molecule has 1 aliphatic rings. The van der Waals surface area contributed by atoms with Crippen molar-refractivity contribution in [3.05, 3.63) is 0 Å². The van der Waals surface area contributed by atoms with E-state index in [0.29, 0.717) is 6.04 Å². The Bertz CT molecular complexity index is 136. The van der Waals surface area contributed by atoms with Crippen LogP contribution in [0.1, 0.15) is 19.8 Å². The number of oxime groups is 1. The zero-order chi connectivity index (χ0) is 8.10. The molecule has 0 N–H and O–H groups in total. The summed E-state index contributed by atoms with van der Waals surface area (Å²) in [5, 5.41) is 3.72. The van der Waals surface area contributed by atoms with E-state index in [-0.39, 0.29) is 0 Å². The Kier molecular flexibility index (Phi) is 3.36. The van der Waals surface area contributed by atoms with E-state index in [1.54, 1.807) is 6.21 Å². The highest BCUT2D eigenvalue weighted by Gasteiger charge is 2.20. The predicted octanol–water partition coefficient (Wildman–Crippen LogP) is 1.10. The lowest BCUT2D eigenvalue weighted by Crippen LogP contribution is -2.28. The van der Waals surface area contributed by atoms with Crippen molar-refractivity contribution in [2.75, 3.05) is 20.2 Å². The normalized spacial score (nSPS) is 26.5. The fraction of sp³-hybridized carbons (Fsp3) is 0.875. The Hall–Kier alpha value is -0.570. The van der Waals surface area contributed by atoms with E-state index in [9.17, 15) is 0 Å². The van der Waals surface area contributed by atoms with E-state index in [2.05, 4.69) is 17.1 Å². The maximum atomic E-state index is 5.06. The lowest BCUT2D eigenvalue weighted by Gasteiger charge is -2.17. The van der Waals surface area contributed by atoms with Gasteiger partial charge in [-0.2, -0.15) is 0 Å². The van der Waals surface area contributed by atoms with Crippen LogP contribution >= 0.6 is 0 Å². The molecule has 1 rings (SSSR count). The van der Waals surface area contributed by atoms with Crippen molar-refractivity contribution < 1.29 is 4.84 Å².